The summed E-state index contributed by atoms with van der Waals surface area (Å²) in [4.78, 5) is 19.5. The predicted molar refractivity (Wildman–Crippen MR) is 51.9 cm³/mol. The first kappa shape index (κ1) is 9.70. The van der Waals surface area contributed by atoms with Crippen molar-refractivity contribution in [1.82, 2.24) is 0 Å². The van der Waals surface area contributed by atoms with E-state index in [1.54, 1.807) is 0 Å². The molecule has 2 nitrogen and oxygen atoms in total. The molecule has 0 saturated carbocycles. The van der Waals surface area contributed by atoms with Crippen LogP contribution in [0.1, 0.15) is 19.8 Å². The van der Waals surface area contributed by atoms with Crippen LogP contribution in [0.5, 0.6) is 0 Å². The van der Waals surface area contributed by atoms with E-state index in [0.29, 0.717) is 6.04 Å². The molecule has 0 fully saturated rings. The Morgan fingerprint density at radius 3 is 2.33 bits per heavy atom. The topological polar surface area (TPSA) is 40.5 Å². The SMILES string of the molecule is CCCC[Si](O)(O)C1C=CC=C1. The van der Waals surface area contributed by atoms with Gasteiger partial charge in [-0.3, -0.25) is 0 Å². The van der Waals surface area contributed by atoms with Crippen molar-refractivity contribution in [3.05, 3.63) is 24.3 Å². The van der Waals surface area contributed by atoms with Crippen molar-refractivity contribution in [3.63, 3.8) is 0 Å². The van der Waals surface area contributed by atoms with E-state index >= 15 is 0 Å². The van der Waals surface area contributed by atoms with Crippen molar-refractivity contribution in [2.75, 3.05) is 0 Å². The fourth-order valence-electron chi connectivity index (χ4n) is 1.34. The van der Waals surface area contributed by atoms with Gasteiger partial charge in [-0.15, -0.1) is 0 Å². The maximum absolute atomic E-state index is 9.74. The molecule has 2 N–H and O–H groups in total. The quantitative estimate of drug-likeness (QED) is 0.653. The number of hydrogen-bond donors (Lipinski definition) is 2. The normalized spacial score (nSPS) is 17.6. The van der Waals surface area contributed by atoms with E-state index in [0.717, 1.165) is 12.8 Å². The molecule has 1 rings (SSSR count). The zero-order valence-electron chi connectivity index (χ0n) is 7.40. The van der Waals surface area contributed by atoms with E-state index in [9.17, 15) is 9.59 Å². The van der Waals surface area contributed by atoms with Gasteiger partial charge >= 0.3 is 8.56 Å². The van der Waals surface area contributed by atoms with Gasteiger partial charge in [-0.25, -0.2) is 0 Å². The summed E-state index contributed by atoms with van der Waals surface area (Å²) in [5.74, 6) is 0. The number of unbranched alkanes of at least 4 members (excludes halogenated alkanes) is 1. The minimum atomic E-state index is -2.96. The van der Waals surface area contributed by atoms with Crippen molar-refractivity contribution < 1.29 is 9.59 Å². The van der Waals surface area contributed by atoms with Crippen LogP contribution >= 0.6 is 0 Å². The molecule has 3 heteroatoms. The van der Waals surface area contributed by atoms with Crippen LogP contribution in [-0.4, -0.2) is 18.2 Å². The maximum Gasteiger partial charge on any atom is 0.343 e. The molecule has 0 aromatic carbocycles. The van der Waals surface area contributed by atoms with Crippen LogP contribution in [0.3, 0.4) is 0 Å². The second-order valence-electron chi connectivity index (χ2n) is 3.28. The van der Waals surface area contributed by atoms with Crippen molar-refractivity contribution in [1.29, 1.82) is 0 Å². The summed E-state index contributed by atoms with van der Waals surface area (Å²) in [5, 5.41) is 0. The fraction of sp³-hybridized carbons (Fsp3) is 0.556. The van der Waals surface area contributed by atoms with E-state index < -0.39 is 8.56 Å². The van der Waals surface area contributed by atoms with Gasteiger partial charge < -0.3 is 9.59 Å². The molecule has 1 aliphatic carbocycles. The Hall–Kier alpha value is -0.383. The lowest BCUT2D eigenvalue weighted by Crippen LogP contribution is -2.38. The lowest BCUT2D eigenvalue weighted by atomic mass is 10.4. The van der Waals surface area contributed by atoms with Gasteiger partial charge in [0.05, 0.1) is 0 Å². The third kappa shape index (κ3) is 2.30. The van der Waals surface area contributed by atoms with Gasteiger partial charge in [0, 0.05) is 5.54 Å². The van der Waals surface area contributed by atoms with E-state index in [-0.39, 0.29) is 5.54 Å². The average Bonchev–Trinajstić information content (AvgIpc) is 2.53. The standard InChI is InChI=1S/C9H16O2Si/c1-2-3-8-12(10,11)9-6-4-5-7-9/h4-7,9-11H,2-3,8H2,1H3. The molecule has 0 aliphatic heterocycles. The van der Waals surface area contributed by atoms with Gasteiger partial charge in [0.15, 0.2) is 0 Å². The maximum atomic E-state index is 9.74. The first-order valence-corrected chi connectivity index (χ1v) is 6.64. The Kier molecular flexibility index (Phi) is 3.26. The van der Waals surface area contributed by atoms with Crippen LogP contribution < -0.4 is 0 Å². The van der Waals surface area contributed by atoms with Gasteiger partial charge in [0.1, 0.15) is 0 Å². The Balaban J connectivity index is 2.46. The molecule has 0 atom stereocenters. The van der Waals surface area contributed by atoms with Gasteiger partial charge in [0.25, 0.3) is 0 Å². The number of rotatable bonds is 4. The smallest absolute Gasteiger partial charge is 0.343 e. The molecule has 0 radical (unpaired) electrons. The second kappa shape index (κ2) is 4.03. The molecular weight excluding hydrogens is 168 g/mol. The molecule has 12 heavy (non-hydrogen) atoms. The van der Waals surface area contributed by atoms with E-state index in [2.05, 4.69) is 6.92 Å². The largest absolute Gasteiger partial charge is 0.410 e. The number of hydrogen-bond acceptors (Lipinski definition) is 2. The summed E-state index contributed by atoms with van der Waals surface area (Å²) >= 11 is 0. The fourth-order valence-corrected chi connectivity index (χ4v) is 3.39. The first-order chi connectivity index (χ1) is 5.67. The minimum Gasteiger partial charge on any atom is -0.410 e. The zero-order chi connectivity index (χ0) is 9.03. The molecule has 0 aromatic rings. The van der Waals surface area contributed by atoms with Gasteiger partial charge in [-0.05, 0) is 6.04 Å². The van der Waals surface area contributed by atoms with Crippen LogP contribution in [0.4, 0.5) is 0 Å². The van der Waals surface area contributed by atoms with Gasteiger partial charge in [-0.1, -0.05) is 44.1 Å². The molecule has 68 valence electrons. The molecule has 0 unspecified atom stereocenters. The highest BCUT2D eigenvalue weighted by atomic mass is 28.4. The third-order valence-corrected chi connectivity index (χ3v) is 4.72. The highest BCUT2D eigenvalue weighted by Gasteiger charge is 2.36. The first-order valence-electron chi connectivity index (χ1n) is 4.46. The summed E-state index contributed by atoms with van der Waals surface area (Å²) < 4.78 is 0. The van der Waals surface area contributed by atoms with E-state index in [1.807, 2.05) is 24.3 Å². The Bertz CT molecular complexity index is 185. The van der Waals surface area contributed by atoms with Crippen molar-refractivity contribution in [3.8, 4) is 0 Å². The van der Waals surface area contributed by atoms with Gasteiger partial charge in [0.2, 0.25) is 0 Å². The molecule has 0 amide bonds. The summed E-state index contributed by atoms with van der Waals surface area (Å²) in [6.07, 6.45) is 9.45. The zero-order valence-corrected chi connectivity index (χ0v) is 8.40. The summed E-state index contributed by atoms with van der Waals surface area (Å²) in [7, 11) is -2.96. The lowest BCUT2D eigenvalue weighted by Gasteiger charge is -2.21. The Morgan fingerprint density at radius 2 is 1.83 bits per heavy atom. The van der Waals surface area contributed by atoms with Crippen LogP contribution in [-0.2, 0) is 0 Å². The highest BCUT2D eigenvalue weighted by molar-refractivity contribution is 6.67. The van der Waals surface area contributed by atoms with Crippen LogP contribution in [0, 0.1) is 0 Å². The summed E-state index contributed by atoms with van der Waals surface area (Å²) in [5.41, 5.74) is -0.0796. The molecule has 0 saturated heterocycles. The van der Waals surface area contributed by atoms with Crippen LogP contribution in [0.25, 0.3) is 0 Å². The Morgan fingerprint density at radius 1 is 1.25 bits per heavy atom. The second-order valence-corrected chi connectivity index (χ2v) is 6.20. The van der Waals surface area contributed by atoms with Gasteiger partial charge in [-0.2, -0.15) is 0 Å². The molecule has 0 spiro atoms. The minimum absolute atomic E-state index is 0.0796. The van der Waals surface area contributed by atoms with Crippen LogP contribution in [0.2, 0.25) is 11.6 Å². The van der Waals surface area contributed by atoms with E-state index in [4.69, 9.17) is 0 Å². The van der Waals surface area contributed by atoms with Crippen molar-refractivity contribution in [2.24, 2.45) is 0 Å². The number of allylic oxidation sites excluding steroid dienone is 4. The average molecular weight is 184 g/mol. The third-order valence-electron chi connectivity index (χ3n) is 2.18. The summed E-state index contributed by atoms with van der Waals surface area (Å²) in [6.45, 7) is 2.06. The molecule has 0 bridgehead atoms. The lowest BCUT2D eigenvalue weighted by molar-refractivity contribution is 0.352. The Labute approximate surface area is 74.5 Å². The van der Waals surface area contributed by atoms with Crippen LogP contribution in [0.15, 0.2) is 24.3 Å². The monoisotopic (exact) mass is 184 g/mol. The molecule has 1 aliphatic rings. The van der Waals surface area contributed by atoms with Crippen molar-refractivity contribution in [2.45, 2.75) is 31.4 Å². The highest BCUT2D eigenvalue weighted by Crippen LogP contribution is 2.28. The molecular formula is C9H16O2Si. The van der Waals surface area contributed by atoms with E-state index in [1.165, 1.54) is 0 Å². The molecule has 0 aromatic heterocycles. The van der Waals surface area contributed by atoms with Crippen molar-refractivity contribution >= 4 is 8.56 Å². The predicted octanol–water partition coefficient (Wildman–Crippen LogP) is 1.71. The summed E-state index contributed by atoms with van der Waals surface area (Å²) in [6, 6.07) is 0.586. The molecule has 0 heterocycles.